The lowest BCUT2D eigenvalue weighted by atomic mass is 9.89. The first kappa shape index (κ1) is 15.3. The van der Waals surface area contributed by atoms with E-state index in [9.17, 15) is 14.7 Å². The standard InChI is InChI=1S/C14H19N2O3/c15-9-5-4-8-11(16)13(17)12(14(18)19)10-6-2-1-3-7-10/h1-3,6-7,11H,4-5,8-9,15-16H2,(H,18,19)/t11-/m0/s1. The second kappa shape index (κ2) is 7.66. The van der Waals surface area contributed by atoms with E-state index < -0.39 is 17.8 Å². The van der Waals surface area contributed by atoms with E-state index in [-0.39, 0.29) is 5.92 Å². The van der Waals surface area contributed by atoms with Crippen LogP contribution >= 0.6 is 0 Å². The van der Waals surface area contributed by atoms with Crippen LogP contribution in [0.25, 0.3) is 0 Å². The fourth-order valence-electron chi connectivity index (χ4n) is 1.80. The van der Waals surface area contributed by atoms with E-state index in [2.05, 4.69) is 0 Å². The normalized spacial score (nSPS) is 12.4. The Morgan fingerprint density at radius 1 is 1.16 bits per heavy atom. The number of hydrogen-bond donors (Lipinski definition) is 3. The quantitative estimate of drug-likeness (QED) is 0.473. The molecule has 19 heavy (non-hydrogen) atoms. The minimum absolute atomic E-state index is 0.249. The van der Waals surface area contributed by atoms with Crippen LogP contribution in [0.5, 0.6) is 0 Å². The maximum Gasteiger partial charge on any atom is 0.323 e. The topological polar surface area (TPSA) is 106 Å². The fraction of sp³-hybridized carbons (Fsp3) is 0.357. The van der Waals surface area contributed by atoms with Crippen LogP contribution in [0.1, 0.15) is 24.8 Å². The molecule has 0 spiro atoms. The highest BCUT2D eigenvalue weighted by molar-refractivity contribution is 6.18. The molecule has 5 N–H and O–H groups in total. The van der Waals surface area contributed by atoms with Gasteiger partial charge in [-0.05, 0) is 24.9 Å². The van der Waals surface area contributed by atoms with Gasteiger partial charge in [-0.15, -0.1) is 0 Å². The highest BCUT2D eigenvalue weighted by Gasteiger charge is 2.32. The molecule has 0 aliphatic rings. The van der Waals surface area contributed by atoms with Gasteiger partial charge in [-0.1, -0.05) is 36.8 Å². The van der Waals surface area contributed by atoms with Crippen LogP contribution in [0.2, 0.25) is 0 Å². The summed E-state index contributed by atoms with van der Waals surface area (Å²) in [6, 6.07) is 7.52. The molecule has 0 bridgehead atoms. The number of carbonyl (C=O) groups is 2. The van der Waals surface area contributed by atoms with Gasteiger partial charge in [0.1, 0.15) is 0 Å². The smallest absolute Gasteiger partial charge is 0.323 e. The molecule has 103 valence electrons. The monoisotopic (exact) mass is 263 g/mol. The van der Waals surface area contributed by atoms with Crippen molar-refractivity contribution in [2.75, 3.05) is 6.54 Å². The molecule has 0 saturated carbocycles. The van der Waals surface area contributed by atoms with Crippen molar-refractivity contribution in [3.05, 3.63) is 41.8 Å². The number of carboxylic acid groups (broad SMARTS) is 1. The number of aliphatic carboxylic acids is 1. The first-order valence-corrected chi connectivity index (χ1v) is 6.23. The zero-order chi connectivity index (χ0) is 14.3. The van der Waals surface area contributed by atoms with E-state index in [1.807, 2.05) is 0 Å². The van der Waals surface area contributed by atoms with Crippen LogP contribution in [0, 0.1) is 5.92 Å². The maximum atomic E-state index is 12.1. The highest BCUT2D eigenvalue weighted by atomic mass is 16.4. The number of rotatable bonds is 8. The molecule has 0 aromatic heterocycles. The number of unbranched alkanes of at least 4 members (excludes halogenated alkanes) is 1. The Hall–Kier alpha value is -1.72. The fourth-order valence-corrected chi connectivity index (χ4v) is 1.80. The maximum absolute atomic E-state index is 12.1. The summed E-state index contributed by atoms with van der Waals surface area (Å²) < 4.78 is 0. The van der Waals surface area contributed by atoms with Crippen molar-refractivity contribution >= 4 is 11.8 Å². The predicted molar refractivity (Wildman–Crippen MR) is 72.3 cm³/mol. The summed E-state index contributed by atoms with van der Waals surface area (Å²) in [4.78, 5) is 23.3. The van der Waals surface area contributed by atoms with Gasteiger partial charge < -0.3 is 16.6 Å². The van der Waals surface area contributed by atoms with E-state index in [0.29, 0.717) is 24.9 Å². The van der Waals surface area contributed by atoms with Crippen molar-refractivity contribution in [3.63, 3.8) is 0 Å². The molecule has 1 aromatic carbocycles. The Bertz CT molecular complexity index is 420. The second-order valence-corrected chi connectivity index (χ2v) is 4.30. The Morgan fingerprint density at radius 2 is 1.79 bits per heavy atom. The van der Waals surface area contributed by atoms with Crippen molar-refractivity contribution in [2.24, 2.45) is 11.5 Å². The molecule has 0 unspecified atom stereocenters. The third kappa shape index (κ3) is 4.46. The summed E-state index contributed by atoms with van der Waals surface area (Å²) in [6.45, 7) is 0.537. The van der Waals surface area contributed by atoms with E-state index in [4.69, 9.17) is 11.5 Å². The SMILES string of the molecule is NCCCC[C@H](N)C(=O)[C](C(=O)O)c1ccccc1. The van der Waals surface area contributed by atoms with Crippen molar-refractivity contribution in [1.82, 2.24) is 0 Å². The van der Waals surface area contributed by atoms with E-state index in [1.54, 1.807) is 30.3 Å². The Morgan fingerprint density at radius 3 is 2.32 bits per heavy atom. The summed E-state index contributed by atoms with van der Waals surface area (Å²) >= 11 is 0. The lowest BCUT2D eigenvalue weighted by Crippen LogP contribution is -2.38. The van der Waals surface area contributed by atoms with Gasteiger partial charge in [0.05, 0.1) is 6.04 Å². The van der Waals surface area contributed by atoms with Gasteiger partial charge in [-0.2, -0.15) is 0 Å². The van der Waals surface area contributed by atoms with Crippen LogP contribution in [0.15, 0.2) is 30.3 Å². The van der Waals surface area contributed by atoms with Gasteiger partial charge in [-0.3, -0.25) is 9.59 Å². The second-order valence-electron chi connectivity index (χ2n) is 4.30. The van der Waals surface area contributed by atoms with Gasteiger partial charge in [-0.25, -0.2) is 0 Å². The Balaban J connectivity index is 2.77. The first-order chi connectivity index (χ1) is 9.07. The van der Waals surface area contributed by atoms with Crippen LogP contribution in [-0.2, 0) is 9.59 Å². The largest absolute Gasteiger partial charge is 0.480 e. The van der Waals surface area contributed by atoms with Crippen molar-refractivity contribution in [3.8, 4) is 0 Å². The molecule has 5 nitrogen and oxygen atoms in total. The zero-order valence-electron chi connectivity index (χ0n) is 10.7. The molecule has 1 aromatic rings. The first-order valence-electron chi connectivity index (χ1n) is 6.23. The molecule has 0 amide bonds. The van der Waals surface area contributed by atoms with Gasteiger partial charge in [0.25, 0.3) is 0 Å². The van der Waals surface area contributed by atoms with Gasteiger partial charge in [0, 0.05) is 0 Å². The number of Topliss-reactive ketones (excluding diaryl/α,β-unsaturated/α-hetero) is 1. The molecule has 0 aliphatic heterocycles. The van der Waals surface area contributed by atoms with Crippen LogP contribution in [-0.4, -0.2) is 29.4 Å². The molecule has 1 atom stereocenters. The average molecular weight is 263 g/mol. The van der Waals surface area contributed by atoms with Crippen molar-refractivity contribution < 1.29 is 14.7 Å². The van der Waals surface area contributed by atoms with Crippen molar-refractivity contribution in [1.29, 1.82) is 0 Å². The summed E-state index contributed by atoms with van der Waals surface area (Å²) in [6.07, 6.45) is 1.93. The van der Waals surface area contributed by atoms with Crippen molar-refractivity contribution in [2.45, 2.75) is 25.3 Å². The average Bonchev–Trinajstić information content (AvgIpc) is 2.39. The molecular formula is C14H19N2O3. The number of hydrogen-bond acceptors (Lipinski definition) is 4. The van der Waals surface area contributed by atoms with Gasteiger partial charge in [0.15, 0.2) is 11.7 Å². The lowest BCUT2D eigenvalue weighted by Gasteiger charge is -2.16. The van der Waals surface area contributed by atoms with E-state index in [1.165, 1.54) is 0 Å². The molecule has 0 saturated heterocycles. The van der Waals surface area contributed by atoms with Crippen LogP contribution < -0.4 is 11.5 Å². The van der Waals surface area contributed by atoms with Gasteiger partial charge >= 0.3 is 5.97 Å². The van der Waals surface area contributed by atoms with Gasteiger partial charge in [0.2, 0.25) is 0 Å². The number of carboxylic acids is 1. The molecule has 5 heteroatoms. The summed E-state index contributed by atoms with van der Waals surface area (Å²) in [5.41, 5.74) is 11.5. The number of nitrogens with two attached hydrogens (primary N) is 2. The van der Waals surface area contributed by atoms with E-state index in [0.717, 1.165) is 6.42 Å². The number of benzene rings is 1. The van der Waals surface area contributed by atoms with Crippen LogP contribution in [0.3, 0.4) is 0 Å². The summed E-state index contributed by atoms with van der Waals surface area (Å²) in [5.74, 6) is -2.03. The minimum atomic E-state index is -1.24. The summed E-state index contributed by atoms with van der Waals surface area (Å²) in [5, 5.41) is 9.18. The third-order valence-corrected chi connectivity index (χ3v) is 2.83. The molecular weight excluding hydrogens is 244 g/mol. The predicted octanol–water partition coefficient (Wildman–Crippen LogP) is 0.719. The molecule has 0 fully saturated rings. The molecule has 1 rings (SSSR count). The Kier molecular flexibility index (Phi) is 6.18. The van der Waals surface area contributed by atoms with Crippen LogP contribution in [0.4, 0.5) is 0 Å². The Labute approximate surface area is 112 Å². The zero-order valence-corrected chi connectivity index (χ0v) is 10.7. The number of ketones is 1. The summed E-state index contributed by atoms with van der Waals surface area (Å²) in [7, 11) is 0. The van der Waals surface area contributed by atoms with E-state index >= 15 is 0 Å². The third-order valence-electron chi connectivity index (χ3n) is 2.83. The minimum Gasteiger partial charge on any atom is -0.480 e. The molecule has 0 heterocycles. The molecule has 1 radical (unpaired) electrons. The molecule has 0 aliphatic carbocycles. The lowest BCUT2D eigenvalue weighted by molar-refractivity contribution is -0.137. The number of carbonyl (C=O) groups excluding carboxylic acids is 1. The highest BCUT2D eigenvalue weighted by Crippen LogP contribution is 2.18.